The molecule has 0 spiro atoms. The summed E-state index contributed by atoms with van der Waals surface area (Å²) in [5.74, 6) is -1.72. The summed E-state index contributed by atoms with van der Waals surface area (Å²) in [6.45, 7) is 2.46. The van der Waals surface area contributed by atoms with E-state index < -0.39 is 53.9 Å². The van der Waals surface area contributed by atoms with Gasteiger partial charge in [-0.3, -0.25) is 14.8 Å². The number of hydrogen-bond donors (Lipinski definition) is 2. The summed E-state index contributed by atoms with van der Waals surface area (Å²) in [6, 6.07) is 6.14. The highest BCUT2D eigenvalue weighted by molar-refractivity contribution is 5.89. The molecule has 2 N–H and O–H groups in total. The van der Waals surface area contributed by atoms with Crippen LogP contribution < -0.4 is 10.2 Å². The summed E-state index contributed by atoms with van der Waals surface area (Å²) < 4.78 is 83.2. The van der Waals surface area contributed by atoms with Crippen molar-refractivity contribution in [1.29, 1.82) is 0 Å². The fourth-order valence-electron chi connectivity index (χ4n) is 3.03. The van der Waals surface area contributed by atoms with Crippen molar-refractivity contribution in [1.82, 2.24) is 10.4 Å². The van der Waals surface area contributed by atoms with Crippen molar-refractivity contribution >= 4 is 11.8 Å². The van der Waals surface area contributed by atoms with Gasteiger partial charge in [-0.1, -0.05) is 12.1 Å². The maximum Gasteiger partial charge on any atom is 0.416 e. The molecule has 0 radical (unpaired) electrons. The number of amides is 2. The lowest BCUT2D eigenvalue weighted by Crippen LogP contribution is -2.46. The Labute approximate surface area is 191 Å². The zero-order valence-electron chi connectivity index (χ0n) is 18.3. The number of carbonyl (C=O) groups excluding carboxylic acids is 2. The maximum atomic E-state index is 13.0. The van der Waals surface area contributed by atoms with Gasteiger partial charge in [0.1, 0.15) is 18.4 Å². The van der Waals surface area contributed by atoms with Crippen LogP contribution in [0.15, 0.2) is 42.5 Å². The molecule has 12 heteroatoms. The Morgan fingerprint density at radius 1 is 0.971 bits per heavy atom. The summed E-state index contributed by atoms with van der Waals surface area (Å²) in [6.07, 6.45) is -9.91. The van der Waals surface area contributed by atoms with Crippen molar-refractivity contribution in [2.24, 2.45) is 0 Å². The monoisotopic (exact) mass is 492 g/mol. The van der Waals surface area contributed by atoms with Gasteiger partial charge < -0.3 is 9.64 Å². The van der Waals surface area contributed by atoms with E-state index in [2.05, 4.69) is 0 Å². The molecule has 0 aliphatic heterocycles. The van der Waals surface area contributed by atoms with Crippen LogP contribution in [0.25, 0.3) is 0 Å². The fourth-order valence-corrected chi connectivity index (χ4v) is 3.03. The molecule has 2 aromatic rings. The lowest BCUT2D eigenvalue weighted by atomic mass is 9.99. The number of nitrogens with one attached hydrogen (secondary N) is 1. The number of ether oxygens (including phenoxy) is 1. The number of halogens is 6. The van der Waals surface area contributed by atoms with Crippen LogP contribution >= 0.6 is 0 Å². The molecule has 2 aromatic carbocycles. The third-order valence-corrected chi connectivity index (χ3v) is 5.22. The third kappa shape index (κ3) is 6.62. The Hall–Kier alpha value is -3.28. The molecule has 34 heavy (non-hydrogen) atoms. The van der Waals surface area contributed by atoms with E-state index >= 15 is 0 Å². The van der Waals surface area contributed by atoms with E-state index in [0.29, 0.717) is 17.7 Å². The Morgan fingerprint density at radius 3 is 1.91 bits per heavy atom. The molecule has 1 unspecified atom stereocenters. The molecular weight excluding hydrogens is 470 g/mol. The molecular formula is C22H22F6N2O4. The van der Waals surface area contributed by atoms with Gasteiger partial charge >= 0.3 is 12.4 Å². The Balaban J connectivity index is 2.13. The van der Waals surface area contributed by atoms with Gasteiger partial charge in [-0.2, -0.15) is 26.3 Å². The van der Waals surface area contributed by atoms with Crippen molar-refractivity contribution in [2.45, 2.75) is 44.8 Å². The highest BCUT2D eigenvalue weighted by Gasteiger charge is 2.37. The number of hydroxylamine groups is 1. The topological polar surface area (TPSA) is 78.9 Å². The van der Waals surface area contributed by atoms with E-state index in [1.165, 1.54) is 43.7 Å². The van der Waals surface area contributed by atoms with Gasteiger partial charge in [-0.15, -0.1) is 0 Å². The lowest BCUT2D eigenvalue weighted by Gasteiger charge is -2.26. The second-order valence-corrected chi connectivity index (χ2v) is 7.59. The summed E-state index contributed by atoms with van der Waals surface area (Å²) >= 11 is 0. The van der Waals surface area contributed by atoms with Crippen LogP contribution in [0, 0.1) is 0 Å². The summed E-state index contributed by atoms with van der Waals surface area (Å²) in [5.41, 5.74) is -1.19. The van der Waals surface area contributed by atoms with Gasteiger partial charge in [-0.05, 0) is 55.3 Å². The molecule has 2 atom stereocenters. The first-order chi connectivity index (χ1) is 15.6. The minimum Gasteiger partial charge on any atom is -0.489 e. The van der Waals surface area contributed by atoms with Gasteiger partial charge in [0.15, 0.2) is 0 Å². The number of likely N-dealkylation sites (N-methyl/N-ethyl adjacent to an activating group) is 1. The van der Waals surface area contributed by atoms with Crippen LogP contribution in [-0.2, 0) is 28.5 Å². The van der Waals surface area contributed by atoms with Gasteiger partial charge in [0, 0.05) is 7.05 Å². The second-order valence-electron chi connectivity index (χ2n) is 7.59. The van der Waals surface area contributed by atoms with E-state index in [1.54, 1.807) is 6.92 Å². The number of nitrogens with zero attached hydrogens (tertiary/aromatic N) is 1. The minimum atomic E-state index is -4.96. The van der Waals surface area contributed by atoms with Gasteiger partial charge in [0.25, 0.3) is 5.91 Å². The first-order valence-corrected chi connectivity index (χ1v) is 9.87. The number of alkyl halides is 6. The smallest absolute Gasteiger partial charge is 0.416 e. The molecule has 0 aromatic heterocycles. The standard InChI is InChI=1S/C22H22F6N2O4/c1-12(20(32)30(3)13(2)19(31)29-33)15-4-6-18(7-5-15)34-11-14-8-16(21(23,24)25)10-17(9-14)22(26,27)28/h4-10,12-13,33H,11H2,1-3H3,(H,29,31)/t12?,13-/m1/s1. The Kier molecular flexibility index (Phi) is 8.19. The third-order valence-electron chi connectivity index (χ3n) is 5.22. The SMILES string of the molecule is CC(C(=O)N(C)[C@H](C)C(=O)NO)c1ccc(OCc2cc(C(F)(F)F)cc(C(F)(F)F)c2)cc1. The molecule has 6 nitrogen and oxygen atoms in total. The van der Waals surface area contributed by atoms with E-state index in [-0.39, 0.29) is 17.4 Å². The van der Waals surface area contributed by atoms with Crippen LogP contribution in [0.3, 0.4) is 0 Å². The van der Waals surface area contributed by atoms with Gasteiger partial charge in [0.05, 0.1) is 17.0 Å². The average molecular weight is 492 g/mol. The number of rotatable bonds is 7. The van der Waals surface area contributed by atoms with E-state index in [1.807, 2.05) is 0 Å². The van der Waals surface area contributed by atoms with E-state index in [4.69, 9.17) is 9.94 Å². The van der Waals surface area contributed by atoms with E-state index in [0.717, 1.165) is 4.90 Å². The molecule has 2 amide bonds. The normalized spacial score (nSPS) is 13.7. The maximum absolute atomic E-state index is 13.0. The molecule has 0 fully saturated rings. The first-order valence-electron chi connectivity index (χ1n) is 9.87. The second kappa shape index (κ2) is 10.3. The quantitative estimate of drug-likeness (QED) is 0.332. The van der Waals surface area contributed by atoms with Crippen LogP contribution in [0.2, 0.25) is 0 Å². The van der Waals surface area contributed by atoms with Crippen molar-refractivity contribution in [3.05, 3.63) is 64.7 Å². The molecule has 0 saturated carbocycles. The molecule has 2 rings (SSSR count). The Morgan fingerprint density at radius 2 is 1.47 bits per heavy atom. The molecule has 0 bridgehead atoms. The zero-order chi connectivity index (χ0) is 25.8. The number of carbonyl (C=O) groups is 2. The molecule has 0 aliphatic carbocycles. The average Bonchev–Trinajstić information content (AvgIpc) is 2.79. The molecule has 0 aliphatic rings. The molecule has 0 heterocycles. The highest BCUT2D eigenvalue weighted by Crippen LogP contribution is 2.36. The van der Waals surface area contributed by atoms with Crippen molar-refractivity contribution < 1.29 is 45.9 Å². The highest BCUT2D eigenvalue weighted by atomic mass is 19.4. The van der Waals surface area contributed by atoms with E-state index in [9.17, 15) is 35.9 Å². The van der Waals surface area contributed by atoms with Crippen LogP contribution in [0.4, 0.5) is 26.3 Å². The van der Waals surface area contributed by atoms with Gasteiger partial charge in [0.2, 0.25) is 5.91 Å². The largest absolute Gasteiger partial charge is 0.489 e. The van der Waals surface area contributed by atoms with Crippen molar-refractivity contribution in [3.63, 3.8) is 0 Å². The molecule has 186 valence electrons. The van der Waals surface area contributed by atoms with Crippen LogP contribution in [0.1, 0.15) is 42.0 Å². The lowest BCUT2D eigenvalue weighted by molar-refractivity contribution is -0.143. The predicted octanol–water partition coefficient (Wildman–Crippen LogP) is 4.76. The summed E-state index contributed by atoms with van der Waals surface area (Å²) in [4.78, 5) is 25.2. The van der Waals surface area contributed by atoms with Crippen molar-refractivity contribution in [3.8, 4) is 5.75 Å². The van der Waals surface area contributed by atoms with Crippen LogP contribution in [0.5, 0.6) is 5.75 Å². The first kappa shape index (κ1) is 27.0. The van der Waals surface area contributed by atoms with Gasteiger partial charge in [-0.25, -0.2) is 5.48 Å². The molecule has 0 saturated heterocycles. The Bertz CT molecular complexity index is 989. The zero-order valence-corrected chi connectivity index (χ0v) is 18.3. The van der Waals surface area contributed by atoms with Crippen LogP contribution in [-0.4, -0.2) is 35.0 Å². The summed E-state index contributed by atoms with van der Waals surface area (Å²) in [7, 11) is 1.39. The fraction of sp³-hybridized carbons (Fsp3) is 0.364. The number of hydrogen-bond acceptors (Lipinski definition) is 4. The van der Waals surface area contributed by atoms with Crippen molar-refractivity contribution in [2.75, 3.05) is 7.05 Å². The number of benzene rings is 2. The predicted molar refractivity (Wildman–Crippen MR) is 108 cm³/mol. The summed E-state index contributed by atoms with van der Waals surface area (Å²) in [5, 5.41) is 8.70. The minimum absolute atomic E-state index is 0.0404.